The number of hydrogen-bond donors (Lipinski definition) is 0. The van der Waals surface area contributed by atoms with Crippen molar-refractivity contribution in [3.8, 4) is 0 Å². The van der Waals surface area contributed by atoms with Crippen molar-refractivity contribution in [1.82, 2.24) is 4.90 Å². The van der Waals surface area contributed by atoms with E-state index in [2.05, 4.69) is 39.5 Å². The third-order valence-corrected chi connectivity index (χ3v) is 6.00. The van der Waals surface area contributed by atoms with E-state index in [1.165, 1.54) is 19.3 Å². The molecule has 0 aromatic heterocycles. The van der Waals surface area contributed by atoms with Crippen molar-refractivity contribution in [2.24, 2.45) is 5.92 Å². The fourth-order valence-electron chi connectivity index (χ4n) is 4.28. The summed E-state index contributed by atoms with van der Waals surface area (Å²) >= 11 is 0. The molecule has 1 atom stereocenters. The lowest BCUT2D eigenvalue weighted by molar-refractivity contribution is -0.0317. The quantitative estimate of drug-likeness (QED) is 0.630. The van der Waals surface area contributed by atoms with Crippen LogP contribution in [0.5, 0.6) is 0 Å². The number of nitrogens with zero attached hydrogens (tertiary/aromatic N) is 2. The van der Waals surface area contributed by atoms with Crippen molar-refractivity contribution < 1.29 is 9.53 Å². The normalized spacial score (nSPS) is 20.1. The van der Waals surface area contributed by atoms with Gasteiger partial charge in [-0.25, -0.2) is 4.79 Å². The Morgan fingerprint density at radius 2 is 1.67 bits per heavy atom. The van der Waals surface area contributed by atoms with Crippen LogP contribution in [0.15, 0.2) is 24.3 Å². The third kappa shape index (κ3) is 5.71. The van der Waals surface area contributed by atoms with Crippen LogP contribution in [-0.2, 0) is 4.74 Å². The molecule has 152 valence electrons. The SMILES string of the molecule is C[C@H](CCN1C(C)(C)CCCC1(C)C)COC(=O)c1ccc(N(C)C)cc1. The van der Waals surface area contributed by atoms with Crippen molar-refractivity contribution >= 4 is 11.7 Å². The van der Waals surface area contributed by atoms with Gasteiger partial charge in [0.1, 0.15) is 0 Å². The molecule has 0 radical (unpaired) electrons. The molecule has 1 aliphatic heterocycles. The van der Waals surface area contributed by atoms with E-state index >= 15 is 0 Å². The molecule has 1 heterocycles. The third-order valence-electron chi connectivity index (χ3n) is 6.00. The smallest absolute Gasteiger partial charge is 0.338 e. The van der Waals surface area contributed by atoms with Crippen molar-refractivity contribution in [2.45, 2.75) is 71.4 Å². The molecule has 1 aromatic carbocycles. The Morgan fingerprint density at radius 3 is 2.19 bits per heavy atom. The van der Waals surface area contributed by atoms with E-state index in [0.717, 1.165) is 18.7 Å². The second-order valence-corrected chi connectivity index (χ2v) is 9.56. The predicted octanol–water partition coefficient (Wildman–Crippen LogP) is 4.98. The monoisotopic (exact) mass is 374 g/mol. The molecule has 2 rings (SSSR count). The maximum Gasteiger partial charge on any atom is 0.338 e. The average molecular weight is 375 g/mol. The van der Waals surface area contributed by atoms with E-state index in [1.807, 2.05) is 43.3 Å². The van der Waals surface area contributed by atoms with Gasteiger partial charge >= 0.3 is 5.97 Å². The van der Waals surface area contributed by atoms with Crippen LogP contribution < -0.4 is 4.90 Å². The largest absolute Gasteiger partial charge is 0.462 e. The zero-order chi connectivity index (χ0) is 20.2. The molecule has 27 heavy (non-hydrogen) atoms. The van der Waals surface area contributed by atoms with Crippen LogP contribution in [0, 0.1) is 5.92 Å². The Kier molecular flexibility index (Phi) is 6.96. The Hall–Kier alpha value is -1.55. The molecule has 0 bridgehead atoms. The van der Waals surface area contributed by atoms with Gasteiger partial charge in [0.15, 0.2) is 0 Å². The summed E-state index contributed by atoms with van der Waals surface area (Å²) in [6, 6.07) is 7.56. The summed E-state index contributed by atoms with van der Waals surface area (Å²) in [7, 11) is 3.97. The summed E-state index contributed by atoms with van der Waals surface area (Å²) in [5.41, 5.74) is 2.18. The van der Waals surface area contributed by atoms with Crippen molar-refractivity contribution in [1.29, 1.82) is 0 Å². The van der Waals surface area contributed by atoms with E-state index in [1.54, 1.807) is 0 Å². The number of esters is 1. The lowest BCUT2D eigenvalue weighted by Crippen LogP contribution is -2.58. The first kappa shape index (κ1) is 21.7. The lowest BCUT2D eigenvalue weighted by Gasteiger charge is -2.53. The highest BCUT2D eigenvalue weighted by Gasteiger charge is 2.40. The number of piperidine rings is 1. The molecular formula is C23H38N2O2. The predicted molar refractivity (Wildman–Crippen MR) is 114 cm³/mol. The summed E-state index contributed by atoms with van der Waals surface area (Å²) in [5, 5.41) is 0. The molecule has 0 unspecified atom stereocenters. The number of carbonyl (C=O) groups excluding carboxylic acids is 1. The average Bonchev–Trinajstić information content (AvgIpc) is 2.58. The van der Waals surface area contributed by atoms with Gasteiger partial charge in [0.05, 0.1) is 12.2 Å². The Bertz CT molecular complexity index is 604. The minimum atomic E-state index is -0.231. The van der Waals surface area contributed by atoms with Gasteiger partial charge in [0.2, 0.25) is 0 Å². The molecule has 0 amide bonds. The maximum atomic E-state index is 12.3. The van der Waals surface area contributed by atoms with E-state index < -0.39 is 0 Å². The summed E-state index contributed by atoms with van der Waals surface area (Å²) < 4.78 is 5.56. The van der Waals surface area contributed by atoms with Crippen LogP contribution in [-0.4, -0.2) is 49.2 Å². The first-order valence-electron chi connectivity index (χ1n) is 10.3. The van der Waals surface area contributed by atoms with Crippen molar-refractivity contribution in [2.75, 3.05) is 32.1 Å². The summed E-state index contributed by atoms with van der Waals surface area (Å²) in [6.07, 6.45) is 4.85. The standard InChI is InChI=1S/C23H38N2O2/c1-18(13-16-25-22(2,3)14-8-15-23(25,4)5)17-27-21(26)19-9-11-20(12-10-19)24(6)7/h9-12,18H,8,13-17H2,1-7H3/t18-/m1/s1. The fraction of sp³-hybridized carbons (Fsp3) is 0.696. The van der Waals surface area contributed by atoms with Gasteiger partial charge in [0, 0.05) is 30.9 Å². The van der Waals surface area contributed by atoms with E-state index in [0.29, 0.717) is 18.1 Å². The van der Waals surface area contributed by atoms with E-state index in [4.69, 9.17) is 4.74 Å². The Labute approximate surface area is 165 Å². The molecule has 0 saturated carbocycles. The zero-order valence-electron chi connectivity index (χ0n) is 18.3. The lowest BCUT2D eigenvalue weighted by atomic mass is 9.79. The summed E-state index contributed by atoms with van der Waals surface area (Å²) in [4.78, 5) is 17.0. The number of likely N-dealkylation sites (tertiary alicyclic amines) is 1. The second kappa shape index (κ2) is 8.64. The summed E-state index contributed by atoms with van der Waals surface area (Å²) in [6.45, 7) is 13.1. The Morgan fingerprint density at radius 1 is 1.11 bits per heavy atom. The van der Waals surface area contributed by atoms with Crippen LogP contribution in [0.25, 0.3) is 0 Å². The first-order valence-corrected chi connectivity index (χ1v) is 10.3. The zero-order valence-corrected chi connectivity index (χ0v) is 18.3. The van der Waals surface area contributed by atoms with Gasteiger partial charge in [-0.3, -0.25) is 4.90 Å². The highest BCUT2D eigenvalue weighted by atomic mass is 16.5. The van der Waals surface area contributed by atoms with E-state index in [9.17, 15) is 4.79 Å². The van der Waals surface area contributed by atoms with Crippen LogP contribution in [0.3, 0.4) is 0 Å². The van der Waals surface area contributed by atoms with Gasteiger partial charge in [-0.2, -0.15) is 0 Å². The Balaban J connectivity index is 1.83. The fourth-order valence-corrected chi connectivity index (χ4v) is 4.28. The molecule has 4 nitrogen and oxygen atoms in total. The highest BCUT2D eigenvalue weighted by Crippen LogP contribution is 2.38. The number of carbonyl (C=O) groups is 1. The number of ether oxygens (including phenoxy) is 1. The van der Waals surface area contributed by atoms with Crippen LogP contribution >= 0.6 is 0 Å². The van der Waals surface area contributed by atoms with E-state index in [-0.39, 0.29) is 17.0 Å². The number of anilines is 1. The number of rotatable bonds is 7. The van der Waals surface area contributed by atoms with Gasteiger partial charge in [-0.05, 0) is 90.1 Å². The molecule has 1 fully saturated rings. The topological polar surface area (TPSA) is 32.8 Å². The van der Waals surface area contributed by atoms with Crippen LogP contribution in [0.2, 0.25) is 0 Å². The molecule has 4 heteroatoms. The molecule has 0 spiro atoms. The minimum Gasteiger partial charge on any atom is -0.462 e. The molecule has 1 aliphatic rings. The molecule has 1 aromatic rings. The summed E-state index contributed by atoms with van der Waals surface area (Å²) in [5.74, 6) is 0.120. The first-order chi connectivity index (χ1) is 12.5. The van der Waals surface area contributed by atoms with Gasteiger partial charge < -0.3 is 9.64 Å². The minimum absolute atomic E-state index is 0.231. The molecular weight excluding hydrogens is 336 g/mol. The molecule has 0 aliphatic carbocycles. The number of benzene rings is 1. The van der Waals surface area contributed by atoms with Crippen LogP contribution in [0.1, 0.15) is 70.7 Å². The van der Waals surface area contributed by atoms with Crippen molar-refractivity contribution in [3.05, 3.63) is 29.8 Å². The van der Waals surface area contributed by atoms with Crippen molar-refractivity contribution in [3.63, 3.8) is 0 Å². The van der Waals surface area contributed by atoms with Gasteiger partial charge in [0.25, 0.3) is 0 Å². The second-order valence-electron chi connectivity index (χ2n) is 9.56. The highest BCUT2D eigenvalue weighted by molar-refractivity contribution is 5.89. The number of hydrogen-bond acceptors (Lipinski definition) is 4. The van der Waals surface area contributed by atoms with Crippen LogP contribution in [0.4, 0.5) is 5.69 Å². The molecule has 0 N–H and O–H groups in total. The van der Waals surface area contributed by atoms with Gasteiger partial charge in [-0.15, -0.1) is 0 Å². The maximum absolute atomic E-state index is 12.3. The molecule has 1 saturated heterocycles. The van der Waals surface area contributed by atoms with Gasteiger partial charge in [-0.1, -0.05) is 6.92 Å².